The van der Waals surface area contributed by atoms with Gasteiger partial charge in [-0.2, -0.15) is 0 Å². The fraction of sp³-hybridized carbons (Fsp3) is 0.143. The van der Waals surface area contributed by atoms with Crippen molar-refractivity contribution in [3.8, 4) is 0 Å². The van der Waals surface area contributed by atoms with E-state index in [2.05, 4.69) is 61.6 Å². The van der Waals surface area contributed by atoms with E-state index < -0.39 is 0 Å². The van der Waals surface area contributed by atoms with Crippen LogP contribution in [-0.2, 0) is 0 Å². The van der Waals surface area contributed by atoms with Crippen LogP contribution in [0.1, 0.15) is 18.9 Å². The second kappa shape index (κ2) is 4.10. The fourth-order valence-corrected chi connectivity index (χ4v) is 1.67. The molecule has 0 amide bonds. The molecule has 0 saturated heterocycles. The summed E-state index contributed by atoms with van der Waals surface area (Å²) in [6, 6.07) is 10.5. The third-order valence-electron chi connectivity index (χ3n) is 2.47. The summed E-state index contributed by atoms with van der Waals surface area (Å²) in [6.07, 6.45) is 9.81. The van der Waals surface area contributed by atoms with Crippen molar-refractivity contribution in [2.45, 2.75) is 13.3 Å². The Kier molecular flexibility index (Phi) is 2.64. The standard InChI is InChI=1S/C14H14/c1-12-8-4-2-7-11-14(12)13-9-5-3-6-10-13/h2-3,5-11H,4H2,1H3. The molecule has 1 aliphatic rings. The van der Waals surface area contributed by atoms with Crippen molar-refractivity contribution in [2.24, 2.45) is 0 Å². The van der Waals surface area contributed by atoms with E-state index in [-0.39, 0.29) is 0 Å². The molecule has 0 aliphatic heterocycles. The summed E-state index contributed by atoms with van der Waals surface area (Å²) >= 11 is 0. The molecular weight excluding hydrogens is 168 g/mol. The highest BCUT2D eigenvalue weighted by Gasteiger charge is 2.02. The van der Waals surface area contributed by atoms with Crippen molar-refractivity contribution in [3.05, 3.63) is 65.8 Å². The SMILES string of the molecule is CC1=CCC=CC=C1c1ccccc1. The van der Waals surface area contributed by atoms with Gasteiger partial charge >= 0.3 is 0 Å². The minimum atomic E-state index is 1.04. The lowest BCUT2D eigenvalue weighted by Crippen LogP contribution is -1.84. The van der Waals surface area contributed by atoms with E-state index in [1.54, 1.807) is 0 Å². The van der Waals surface area contributed by atoms with Gasteiger partial charge in [-0.25, -0.2) is 0 Å². The van der Waals surface area contributed by atoms with Crippen molar-refractivity contribution < 1.29 is 0 Å². The number of hydrogen-bond donors (Lipinski definition) is 0. The molecule has 14 heavy (non-hydrogen) atoms. The van der Waals surface area contributed by atoms with Crippen molar-refractivity contribution in [2.75, 3.05) is 0 Å². The molecule has 0 radical (unpaired) electrons. The Balaban J connectivity index is 2.43. The van der Waals surface area contributed by atoms with E-state index in [4.69, 9.17) is 0 Å². The summed E-state index contributed by atoms with van der Waals surface area (Å²) in [5.74, 6) is 0. The third-order valence-corrected chi connectivity index (χ3v) is 2.47. The molecule has 70 valence electrons. The average Bonchev–Trinajstić information content (AvgIpc) is 2.44. The van der Waals surface area contributed by atoms with Crippen LogP contribution in [-0.4, -0.2) is 0 Å². The lowest BCUT2D eigenvalue weighted by atomic mass is 9.99. The molecule has 2 rings (SSSR count). The first-order valence-corrected chi connectivity index (χ1v) is 4.97. The molecule has 0 fully saturated rings. The van der Waals surface area contributed by atoms with Gasteiger partial charge in [0.1, 0.15) is 0 Å². The smallest absolute Gasteiger partial charge is 0.0158 e. The van der Waals surface area contributed by atoms with Crippen LogP contribution >= 0.6 is 0 Å². The molecule has 0 N–H and O–H groups in total. The number of benzene rings is 1. The molecule has 0 spiro atoms. The first-order valence-electron chi connectivity index (χ1n) is 4.97. The predicted octanol–water partition coefficient (Wildman–Crippen LogP) is 3.98. The zero-order valence-corrected chi connectivity index (χ0v) is 8.40. The van der Waals surface area contributed by atoms with Crippen molar-refractivity contribution in [1.29, 1.82) is 0 Å². The Morgan fingerprint density at radius 1 is 1.07 bits per heavy atom. The molecule has 0 heteroatoms. The van der Waals surface area contributed by atoms with Crippen molar-refractivity contribution in [3.63, 3.8) is 0 Å². The van der Waals surface area contributed by atoms with Crippen LogP contribution in [0.4, 0.5) is 0 Å². The Morgan fingerprint density at radius 3 is 2.64 bits per heavy atom. The summed E-state index contributed by atoms with van der Waals surface area (Å²) in [5, 5.41) is 0. The Bertz CT molecular complexity index is 391. The minimum absolute atomic E-state index is 1.04. The molecule has 0 saturated carbocycles. The van der Waals surface area contributed by atoms with Gasteiger partial charge in [0, 0.05) is 0 Å². The molecule has 0 heterocycles. The Hall–Kier alpha value is -1.56. The maximum Gasteiger partial charge on any atom is -0.0158 e. The molecule has 0 atom stereocenters. The zero-order valence-electron chi connectivity index (χ0n) is 8.40. The van der Waals surface area contributed by atoms with E-state index in [0.717, 1.165) is 6.42 Å². The molecular formula is C14H14. The van der Waals surface area contributed by atoms with Crippen LogP contribution in [0.25, 0.3) is 5.57 Å². The van der Waals surface area contributed by atoms with Crippen LogP contribution < -0.4 is 0 Å². The molecule has 1 aliphatic carbocycles. The maximum atomic E-state index is 2.27. The number of rotatable bonds is 1. The first kappa shape index (κ1) is 9.01. The van der Waals surface area contributed by atoms with E-state index in [1.807, 2.05) is 0 Å². The first-order chi connectivity index (χ1) is 6.88. The second-order valence-electron chi connectivity index (χ2n) is 3.50. The van der Waals surface area contributed by atoms with Crippen molar-refractivity contribution in [1.82, 2.24) is 0 Å². The van der Waals surface area contributed by atoms with Crippen molar-refractivity contribution >= 4 is 5.57 Å². The van der Waals surface area contributed by atoms with Gasteiger partial charge in [0.05, 0.1) is 0 Å². The van der Waals surface area contributed by atoms with E-state index in [9.17, 15) is 0 Å². The van der Waals surface area contributed by atoms with Gasteiger partial charge in [0.15, 0.2) is 0 Å². The number of hydrogen-bond acceptors (Lipinski definition) is 0. The predicted molar refractivity (Wildman–Crippen MR) is 61.9 cm³/mol. The van der Waals surface area contributed by atoms with Crippen LogP contribution in [0, 0.1) is 0 Å². The topological polar surface area (TPSA) is 0 Å². The highest BCUT2D eigenvalue weighted by Crippen LogP contribution is 2.24. The lowest BCUT2D eigenvalue weighted by molar-refractivity contribution is 1.35. The van der Waals surface area contributed by atoms with Gasteiger partial charge in [0.2, 0.25) is 0 Å². The van der Waals surface area contributed by atoms with Gasteiger partial charge in [0.25, 0.3) is 0 Å². The van der Waals surface area contributed by atoms with Crippen LogP contribution in [0.2, 0.25) is 0 Å². The second-order valence-corrected chi connectivity index (χ2v) is 3.50. The van der Waals surface area contributed by atoms with Crippen LogP contribution in [0.5, 0.6) is 0 Å². The summed E-state index contributed by atoms with van der Waals surface area (Å²) in [4.78, 5) is 0. The molecule has 0 bridgehead atoms. The van der Waals surface area contributed by atoms with E-state index in [0.29, 0.717) is 0 Å². The molecule has 1 aromatic carbocycles. The highest BCUT2D eigenvalue weighted by atomic mass is 14.1. The normalized spacial score (nSPS) is 15.8. The lowest BCUT2D eigenvalue weighted by Gasteiger charge is -2.06. The van der Waals surface area contributed by atoms with Gasteiger partial charge in [-0.1, -0.05) is 54.6 Å². The quantitative estimate of drug-likeness (QED) is 0.616. The molecule has 1 aromatic rings. The third kappa shape index (κ3) is 1.85. The van der Waals surface area contributed by atoms with E-state index >= 15 is 0 Å². The molecule has 0 unspecified atom stereocenters. The Labute approximate surface area is 85.3 Å². The maximum absolute atomic E-state index is 2.27. The zero-order chi connectivity index (χ0) is 9.80. The minimum Gasteiger partial charge on any atom is -0.0807 e. The summed E-state index contributed by atoms with van der Waals surface area (Å²) < 4.78 is 0. The Morgan fingerprint density at radius 2 is 1.86 bits per heavy atom. The number of allylic oxidation sites excluding steroid dienone is 6. The van der Waals surface area contributed by atoms with Gasteiger partial charge in [-0.3, -0.25) is 0 Å². The average molecular weight is 182 g/mol. The largest absolute Gasteiger partial charge is 0.0807 e. The summed E-state index contributed by atoms with van der Waals surface area (Å²) in [6.45, 7) is 2.17. The summed E-state index contributed by atoms with van der Waals surface area (Å²) in [7, 11) is 0. The van der Waals surface area contributed by atoms with Gasteiger partial charge < -0.3 is 0 Å². The molecule has 0 aromatic heterocycles. The molecule has 0 nitrogen and oxygen atoms in total. The monoisotopic (exact) mass is 182 g/mol. The fourth-order valence-electron chi connectivity index (χ4n) is 1.67. The van der Waals surface area contributed by atoms with Gasteiger partial charge in [-0.05, 0) is 30.1 Å². The van der Waals surface area contributed by atoms with E-state index in [1.165, 1.54) is 16.7 Å². The van der Waals surface area contributed by atoms with Gasteiger partial charge in [-0.15, -0.1) is 0 Å². The highest BCUT2D eigenvalue weighted by molar-refractivity contribution is 5.79. The van der Waals surface area contributed by atoms with Crippen LogP contribution in [0.3, 0.4) is 0 Å². The van der Waals surface area contributed by atoms with Crippen LogP contribution in [0.15, 0.2) is 60.2 Å². The summed E-state index contributed by atoms with van der Waals surface area (Å²) in [5.41, 5.74) is 3.99.